The van der Waals surface area contributed by atoms with E-state index in [1.165, 1.54) is 24.3 Å². The average molecular weight is 522 g/mol. The molecule has 0 bridgehead atoms. The number of phenols is 1. The number of hydrogen-bond acceptors (Lipinski definition) is 8. The highest BCUT2D eigenvalue weighted by atomic mass is 16.4. The molecule has 1 aliphatic rings. The molecule has 1 saturated heterocycles. The zero-order chi connectivity index (χ0) is 27.7. The van der Waals surface area contributed by atoms with Crippen molar-refractivity contribution < 1.29 is 44.1 Å². The molecule has 4 unspecified atom stereocenters. The van der Waals surface area contributed by atoms with Crippen LogP contribution in [0.5, 0.6) is 5.75 Å². The van der Waals surface area contributed by atoms with Gasteiger partial charge in [0.05, 0.1) is 12.5 Å². The molecule has 2 rings (SSSR count). The minimum atomic E-state index is -1.44. The number of primary amides is 1. The summed E-state index contributed by atoms with van der Waals surface area (Å²) >= 11 is 0. The van der Waals surface area contributed by atoms with Crippen molar-refractivity contribution >= 4 is 35.6 Å². The van der Waals surface area contributed by atoms with Gasteiger partial charge in [-0.25, -0.2) is 4.79 Å². The standard InChI is InChI=1S/C23H31N5O9/c24-14(7-8-19(31)32)20(33)26-15(11-18(25)30)22(35)28-9-1-2-17(28)21(34)27-16(23(36)37)10-12-3-5-13(29)6-4-12/h3-6,14-17,29H,1-2,7-11,24H2,(H2,25,30)(H,26,33)(H,27,34)(H,31,32)(H,36,37). The molecule has 4 atom stereocenters. The number of phenolic OH excluding ortho intramolecular Hbond substituents is 1. The smallest absolute Gasteiger partial charge is 0.326 e. The van der Waals surface area contributed by atoms with Crippen LogP contribution in [0.4, 0.5) is 0 Å². The second-order valence-electron chi connectivity index (χ2n) is 8.73. The molecule has 14 heteroatoms. The molecule has 202 valence electrons. The fraction of sp³-hybridized carbons (Fsp3) is 0.478. The van der Waals surface area contributed by atoms with Crippen LogP contribution in [-0.4, -0.2) is 86.5 Å². The lowest BCUT2D eigenvalue weighted by Crippen LogP contribution is -2.57. The van der Waals surface area contributed by atoms with Crippen molar-refractivity contribution in [3.63, 3.8) is 0 Å². The Balaban J connectivity index is 2.11. The lowest BCUT2D eigenvalue weighted by atomic mass is 10.0. The first-order chi connectivity index (χ1) is 17.4. The third-order valence-electron chi connectivity index (χ3n) is 5.86. The summed E-state index contributed by atoms with van der Waals surface area (Å²) in [5.74, 6) is -5.73. The molecular formula is C23H31N5O9. The van der Waals surface area contributed by atoms with E-state index in [0.29, 0.717) is 12.0 Å². The van der Waals surface area contributed by atoms with E-state index in [4.69, 9.17) is 16.6 Å². The summed E-state index contributed by atoms with van der Waals surface area (Å²) in [6, 6.07) is 0.727. The van der Waals surface area contributed by atoms with Crippen molar-refractivity contribution in [2.75, 3.05) is 6.54 Å². The second-order valence-corrected chi connectivity index (χ2v) is 8.73. The number of rotatable bonds is 13. The van der Waals surface area contributed by atoms with Gasteiger partial charge in [0.2, 0.25) is 23.6 Å². The zero-order valence-electron chi connectivity index (χ0n) is 20.0. The van der Waals surface area contributed by atoms with Crippen molar-refractivity contribution in [2.24, 2.45) is 11.5 Å². The summed E-state index contributed by atoms with van der Waals surface area (Å²) in [6.07, 6.45) is -0.610. The first kappa shape index (κ1) is 29.0. The van der Waals surface area contributed by atoms with Crippen LogP contribution in [0.3, 0.4) is 0 Å². The molecule has 0 radical (unpaired) electrons. The number of carbonyl (C=O) groups excluding carboxylic acids is 4. The number of aliphatic carboxylic acids is 2. The monoisotopic (exact) mass is 521 g/mol. The first-order valence-corrected chi connectivity index (χ1v) is 11.6. The molecule has 37 heavy (non-hydrogen) atoms. The number of carboxylic acids is 2. The summed E-state index contributed by atoms with van der Waals surface area (Å²) in [7, 11) is 0. The fourth-order valence-electron chi connectivity index (χ4n) is 3.93. The van der Waals surface area contributed by atoms with Gasteiger partial charge in [-0.3, -0.25) is 24.0 Å². The Labute approximate surface area is 212 Å². The Morgan fingerprint density at radius 2 is 1.68 bits per heavy atom. The van der Waals surface area contributed by atoms with Crippen LogP contribution in [0, 0.1) is 0 Å². The molecule has 1 fully saturated rings. The van der Waals surface area contributed by atoms with Crippen LogP contribution in [0.1, 0.15) is 37.7 Å². The topological polar surface area (TPSA) is 242 Å². The Kier molecular flexibility index (Phi) is 10.4. The zero-order valence-corrected chi connectivity index (χ0v) is 20.0. The van der Waals surface area contributed by atoms with Gasteiger partial charge in [0.1, 0.15) is 23.9 Å². The third kappa shape index (κ3) is 8.75. The number of benzene rings is 1. The van der Waals surface area contributed by atoms with Gasteiger partial charge in [-0.05, 0) is 37.0 Å². The third-order valence-corrected chi connectivity index (χ3v) is 5.86. The van der Waals surface area contributed by atoms with E-state index in [1.54, 1.807) is 0 Å². The summed E-state index contributed by atoms with van der Waals surface area (Å²) < 4.78 is 0. The van der Waals surface area contributed by atoms with Crippen molar-refractivity contribution in [2.45, 2.75) is 62.7 Å². The van der Waals surface area contributed by atoms with E-state index in [-0.39, 0.29) is 38.0 Å². The highest BCUT2D eigenvalue weighted by molar-refractivity contribution is 5.96. The molecule has 9 N–H and O–H groups in total. The van der Waals surface area contributed by atoms with Crippen LogP contribution in [-0.2, 0) is 35.2 Å². The number of nitrogens with zero attached hydrogens (tertiary/aromatic N) is 1. The lowest BCUT2D eigenvalue weighted by molar-refractivity contribution is -0.145. The molecule has 1 aromatic rings. The minimum Gasteiger partial charge on any atom is -0.508 e. The summed E-state index contributed by atoms with van der Waals surface area (Å²) in [5, 5.41) is 32.5. The molecule has 0 aliphatic carbocycles. The molecule has 1 aliphatic heterocycles. The van der Waals surface area contributed by atoms with Crippen LogP contribution in [0.15, 0.2) is 24.3 Å². The molecule has 0 spiro atoms. The number of amides is 4. The highest BCUT2D eigenvalue weighted by Gasteiger charge is 2.39. The van der Waals surface area contributed by atoms with E-state index in [1.807, 2.05) is 0 Å². The largest absolute Gasteiger partial charge is 0.508 e. The number of hydrogen-bond donors (Lipinski definition) is 7. The van der Waals surface area contributed by atoms with Gasteiger partial charge in [-0.2, -0.15) is 0 Å². The second kappa shape index (κ2) is 13.2. The average Bonchev–Trinajstić information content (AvgIpc) is 3.32. The molecular weight excluding hydrogens is 490 g/mol. The summed E-state index contributed by atoms with van der Waals surface area (Å²) in [5.41, 5.74) is 11.5. The van der Waals surface area contributed by atoms with Crippen molar-refractivity contribution in [3.05, 3.63) is 29.8 Å². The van der Waals surface area contributed by atoms with Crippen molar-refractivity contribution in [3.8, 4) is 5.75 Å². The molecule has 0 saturated carbocycles. The van der Waals surface area contributed by atoms with E-state index < -0.39 is 66.2 Å². The summed E-state index contributed by atoms with van der Waals surface area (Å²) in [4.78, 5) is 73.7. The SMILES string of the molecule is NC(=O)CC(NC(=O)C(N)CCC(=O)O)C(=O)N1CCCC1C(=O)NC(Cc1ccc(O)cc1)C(=O)O. The van der Waals surface area contributed by atoms with Crippen molar-refractivity contribution in [1.82, 2.24) is 15.5 Å². The highest BCUT2D eigenvalue weighted by Crippen LogP contribution is 2.20. The van der Waals surface area contributed by atoms with E-state index >= 15 is 0 Å². The van der Waals surface area contributed by atoms with Gasteiger partial charge in [-0.1, -0.05) is 12.1 Å². The van der Waals surface area contributed by atoms with Gasteiger partial charge in [-0.15, -0.1) is 0 Å². The number of likely N-dealkylation sites (tertiary alicyclic amines) is 1. The maximum absolute atomic E-state index is 13.2. The Morgan fingerprint density at radius 1 is 1.03 bits per heavy atom. The van der Waals surface area contributed by atoms with Gasteiger partial charge in [0, 0.05) is 19.4 Å². The molecule has 1 heterocycles. The minimum absolute atomic E-state index is 0.000202. The Morgan fingerprint density at radius 3 is 2.24 bits per heavy atom. The number of aromatic hydroxyl groups is 1. The first-order valence-electron chi connectivity index (χ1n) is 11.6. The van der Waals surface area contributed by atoms with Crippen LogP contribution < -0.4 is 22.1 Å². The number of carbonyl (C=O) groups is 6. The van der Waals surface area contributed by atoms with Crippen molar-refractivity contribution in [1.29, 1.82) is 0 Å². The molecule has 0 aromatic heterocycles. The normalized spacial score (nSPS) is 17.3. The van der Waals surface area contributed by atoms with Gasteiger partial charge >= 0.3 is 11.9 Å². The maximum atomic E-state index is 13.2. The predicted molar refractivity (Wildman–Crippen MR) is 127 cm³/mol. The fourth-order valence-corrected chi connectivity index (χ4v) is 3.93. The van der Waals surface area contributed by atoms with E-state index in [9.17, 15) is 39.0 Å². The molecule has 14 nitrogen and oxygen atoms in total. The summed E-state index contributed by atoms with van der Waals surface area (Å²) in [6.45, 7) is 0.114. The van der Waals surface area contributed by atoms with Crippen LogP contribution >= 0.6 is 0 Å². The Bertz CT molecular complexity index is 1030. The van der Waals surface area contributed by atoms with Gasteiger partial charge in [0.25, 0.3) is 0 Å². The van der Waals surface area contributed by atoms with Crippen LogP contribution in [0.25, 0.3) is 0 Å². The number of nitrogens with two attached hydrogens (primary N) is 2. The molecule has 4 amide bonds. The quantitative estimate of drug-likeness (QED) is 0.151. The lowest BCUT2D eigenvalue weighted by Gasteiger charge is -2.29. The number of carboxylic acid groups (broad SMARTS) is 2. The molecule has 1 aromatic carbocycles. The predicted octanol–water partition coefficient (Wildman–Crippen LogP) is -1.95. The van der Waals surface area contributed by atoms with E-state index in [2.05, 4.69) is 10.6 Å². The number of nitrogens with one attached hydrogen (secondary N) is 2. The van der Waals surface area contributed by atoms with E-state index in [0.717, 1.165) is 4.90 Å². The maximum Gasteiger partial charge on any atom is 0.326 e. The van der Waals surface area contributed by atoms with Crippen LogP contribution in [0.2, 0.25) is 0 Å². The van der Waals surface area contributed by atoms with Gasteiger partial charge < -0.3 is 42.3 Å². The Hall–Kier alpha value is -4.20. The van der Waals surface area contributed by atoms with Gasteiger partial charge in [0.15, 0.2) is 0 Å².